The molecule has 1 aromatic carbocycles. The molecular weight excluding hydrogens is 412 g/mol. The number of benzene rings is 1. The maximum Gasteiger partial charge on any atom is 0.257 e. The van der Waals surface area contributed by atoms with Crippen molar-refractivity contribution in [3.63, 3.8) is 0 Å². The number of fused-ring (bicyclic) bond motifs is 4. The summed E-state index contributed by atoms with van der Waals surface area (Å²) < 4.78 is 28.3. The van der Waals surface area contributed by atoms with Crippen LogP contribution in [-0.4, -0.2) is 44.1 Å². The van der Waals surface area contributed by atoms with Gasteiger partial charge in [-0.15, -0.1) is 0 Å². The molecule has 32 heavy (non-hydrogen) atoms. The first-order valence-electron chi connectivity index (χ1n) is 10.3. The molecule has 3 aromatic rings. The summed E-state index contributed by atoms with van der Waals surface area (Å²) in [7, 11) is 4.82. The Morgan fingerprint density at radius 2 is 1.69 bits per heavy atom. The number of hydrogen-bond acceptors (Lipinski definition) is 7. The third-order valence-electron chi connectivity index (χ3n) is 5.52. The summed E-state index contributed by atoms with van der Waals surface area (Å²) >= 11 is 0. The van der Waals surface area contributed by atoms with E-state index in [-0.39, 0.29) is 5.56 Å². The van der Waals surface area contributed by atoms with Crippen molar-refractivity contribution in [2.24, 2.45) is 0 Å². The predicted octanol–water partition coefficient (Wildman–Crippen LogP) is 3.26. The lowest BCUT2D eigenvalue weighted by Crippen LogP contribution is -2.26. The molecule has 8 heteroatoms. The van der Waals surface area contributed by atoms with Crippen LogP contribution in [0.4, 0.5) is 0 Å². The molecule has 0 atom stereocenters. The first-order chi connectivity index (χ1) is 15.6. The van der Waals surface area contributed by atoms with Crippen molar-refractivity contribution in [2.75, 3.05) is 34.5 Å². The second-order valence-electron chi connectivity index (χ2n) is 7.29. The Morgan fingerprint density at radius 1 is 0.969 bits per heavy atom. The average molecular weight is 438 g/mol. The molecule has 0 fully saturated rings. The maximum atomic E-state index is 12.3. The number of hydrogen-bond donors (Lipinski definition) is 0. The summed E-state index contributed by atoms with van der Waals surface area (Å²) in [6.07, 6.45) is 2.47. The Hall–Kier alpha value is -3.68. The quantitative estimate of drug-likeness (QED) is 0.621. The largest absolute Gasteiger partial charge is 0.496 e. The van der Waals surface area contributed by atoms with Crippen LogP contribution in [0.3, 0.4) is 0 Å². The van der Waals surface area contributed by atoms with Gasteiger partial charge in [0.15, 0.2) is 17.2 Å². The van der Waals surface area contributed by atoms with Crippen molar-refractivity contribution >= 4 is 0 Å². The molecule has 0 amide bonds. The molecule has 168 valence electrons. The third kappa shape index (κ3) is 3.95. The maximum absolute atomic E-state index is 12.3. The Bertz CT molecular complexity index is 1160. The highest BCUT2D eigenvalue weighted by atomic mass is 16.6. The van der Waals surface area contributed by atoms with Crippen LogP contribution in [-0.2, 0) is 13.0 Å². The van der Waals surface area contributed by atoms with Gasteiger partial charge in [0.2, 0.25) is 0 Å². The van der Waals surface area contributed by atoms with E-state index < -0.39 is 0 Å². The van der Waals surface area contributed by atoms with Crippen molar-refractivity contribution in [1.29, 1.82) is 0 Å². The Morgan fingerprint density at radius 3 is 2.41 bits per heavy atom. The SMILES string of the molecule is COc1cc2c(cc1OC)-c1c(C)c(OC)cc(=O)n1CC2.c1cnc2c(c1)OCCO2. The van der Waals surface area contributed by atoms with E-state index in [1.807, 2.05) is 31.2 Å². The fraction of sp³-hybridized carbons (Fsp3) is 0.333. The minimum atomic E-state index is -0.0436. The number of rotatable bonds is 3. The minimum absolute atomic E-state index is 0.0436. The third-order valence-corrected chi connectivity index (χ3v) is 5.52. The van der Waals surface area contributed by atoms with E-state index in [1.54, 1.807) is 38.2 Å². The molecule has 8 nitrogen and oxygen atoms in total. The van der Waals surface area contributed by atoms with Crippen molar-refractivity contribution in [2.45, 2.75) is 19.9 Å². The van der Waals surface area contributed by atoms with Gasteiger partial charge in [0, 0.05) is 29.9 Å². The van der Waals surface area contributed by atoms with E-state index in [0.717, 1.165) is 34.6 Å². The van der Waals surface area contributed by atoms with Crippen LogP contribution in [0.1, 0.15) is 11.1 Å². The van der Waals surface area contributed by atoms with Crippen LogP contribution in [0, 0.1) is 6.92 Å². The molecule has 2 aromatic heterocycles. The fourth-order valence-electron chi connectivity index (χ4n) is 3.97. The van der Waals surface area contributed by atoms with Crippen molar-refractivity contribution in [3.05, 3.63) is 58.0 Å². The van der Waals surface area contributed by atoms with Gasteiger partial charge in [0.1, 0.15) is 19.0 Å². The van der Waals surface area contributed by atoms with Crippen LogP contribution < -0.4 is 29.2 Å². The summed E-state index contributed by atoms with van der Waals surface area (Å²) in [5.74, 6) is 3.32. The van der Waals surface area contributed by atoms with Gasteiger partial charge in [0.25, 0.3) is 11.4 Å². The van der Waals surface area contributed by atoms with Crippen LogP contribution in [0.5, 0.6) is 28.9 Å². The monoisotopic (exact) mass is 438 g/mol. The van der Waals surface area contributed by atoms with Gasteiger partial charge in [-0.05, 0) is 43.2 Å². The van der Waals surface area contributed by atoms with Crippen LogP contribution in [0.25, 0.3) is 11.3 Å². The molecule has 0 N–H and O–H groups in total. The standard InChI is InChI=1S/C17H19NO4.C7H7NO2/c1-10-13(20-2)9-16(19)18-6-5-11-7-14(21-3)15(22-4)8-12(11)17(10)18;1-2-6-7(8-3-1)10-5-4-9-6/h7-9H,5-6H2,1-4H3;1-3H,4-5H2. The highest BCUT2D eigenvalue weighted by Gasteiger charge is 2.23. The smallest absolute Gasteiger partial charge is 0.257 e. The zero-order valence-electron chi connectivity index (χ0n) is 18.6. The minimum Gasteiger partial charge on any atom is -0.496 e. The predicted molar refractivity (Wildman–Crippen MR) is 119 cm³/mol. The van der Waals surface area contributed by atoms with Gasteiger partial charge in [0.05, 0.1) is 27.0 Å². The number of aryl methyl sites for hydroxylation is 1. The number of methoxy groups -OCH3 is 3. The normalized spacial score (nSPS) is 13.1. The van der Waals surface area contributed by atoms with E-state index in [2.05, 4.69) is 4.98 Å². The van der Waals surface area contributed by atoms with E-state index in [1.165, 1.54) is 0 Å². The molecule has 0 saturated heterocycles. The molecule has 0 radical (unpaired) electrons. The zero-order chi connectivity index (χ0) is 22.7. The highest BCUT2D eigenvalue weighted by molar-refractivity contribution is 5.74. The van der Waals surface area contributed by atoms with E-state index in [4.69, 9.17) is 23.7 Å². The molecular formula is C24H26N2O6. The summed E-state index contributed by atoms with van der Waals surface area (Å²) in [5, 5.41) is 0. The van der Waals surface area contributed by atoms with Gasteiger partial charge >= 0.3 is 0 Å². The van der Waals surface area contributed by atoms with Crippen LogP contribution in [0.15, 0.2) is 41.3 Å². The number of nitrogens with zero attached hydrogens (tertiary/aromatic N) is 2. The summed E-state index contributed by atoms with van der Waals surface area (Å²) in [6.45, 7) is 3.85. The molecule has 4 heterocycles. The second-order valence-corrected chi connectivity index (χ2v) is 7.29. The fourth-order valence-corrected chi connectivity index (χ4v) is 3.97. The molecule has 0 saturated carbocycles. The van der Waals surface area contributed by atoms with Crippen LogP contribution >= 0.6 is 0 Å². The molecule has 0 unspecified atom stereocenters. The summed E-state index contributed by atoms with van der Waals surface area (Å²) in [5.41, 5.74) is 3.95. The molecule has 0 spiro atoms. The first kappa shape index (κ1) is 21.5. The Balaban J connectivity index is 0.000000203. The van der Waals surface area contributed by atoms with Gasteiger partial charge in [-0.2, -0.15) is 0 Å². The molecule has 2 aliphatic rings. The van der Waals surface area contributed by atoms with Gasteiger partial charge < -0.3 is 28.3 Å². The number of pyridine rings is 2. The van der Waals surface area contributed by atoms with E-state index >= 15 is 0 Å². The molecule has 0 bridgehead atoms. The Labute approximate surface area is 186 Å². The first-order valence-corrected chi connectivity index (χ1v) is 10.3. The number of aromatic nitrogens is 2. The lowest BCUT2D eigenvalue weighted by molar-refractivity contribution is 0.164. The van der Waals surface area contributed by atoms with Gasteiger partial charge in [-0.3, -0.25) is 4.79 Å². The van der Waals surface area contributed by atoms with Gasteiger partial charge in [-0.1, -0.05) is 0 Å². The topological polar surface area (TPSA) is 81.0 Å². The average Bonchev–Trinajstić information content (AvgIpc) is 2.85. The van der Waals surface area contributed by atoms with Crippen molar-refractivity contribution in [3.8, 4) is 40.1 Å². The molecule has 2 aliphatic heterocycles. The van der Waals surface area contributed by atoms with Crippen LogP contribution in [0.2, 0.25) is 0 Å². The molecule has 0 aliphatic carbocycles. The van der Waals surface area contributed by atoms with Crippen molar-refractivity contribution < 1.29 is 23.7 Å². The van der Waals surface area contributed by atoms with E-state index in [9.17, 15) is 4.79 Å². The second kappa shape index (κ2) is 9.21. The number of ether oxygens (including phenoxy) is 5. The zero-order valence-corrected chi connectivity index (χ0v) is 18.6. The summed E-state index contributed by atoms with van der Waals surface area (Å²) in [6, 6.07) is 9.14. The lowest BCUT2D eigenvalue weighted by atomic mass is 9.93. The summed E-state index contributed by atoms with van der Waals surface area (Å²) in [4.78, 5) is 16.3. The highest BCUT2D eigenvalue weighted by Crippen LogP contribution is 2.40. The Kier molecular flexibility index (Phi) is 6.20. The van der Waals surface area contributed by atoms with Crippen molar-refractivity contribution in [1.82, 2.24) is 9.55 Å². The lowest BCUT2D eigenvalue weighted by Gasteiger charge is -2.25. The molecule has 5 rings (SSSR count). The van der Waals surface area contributed by atoms with E-state index in [0.29, 0.717) is 42.9 Å². The van der Waals surface area contributed by atoms with Gasteiger partial charge in [-0.25, -0.2) is 4.98 Å².